The van der Waals surface area contributed by atoms with Crippen LogP contribution in [0.3, 0.4) is 0 Å². The van der Waals surface area contributed by atoms with Crippen molar-refractivity contribution < 1.29 is 8.85 Å². The fraction of sp³-hybridized carbons (Fsp3) is 0.647. The fourth-order valence-electron chi connectivity index (χ4n) is 2.50. The molecule has 1 aromatic carbocycles. The van der Waals surface area contributed by atoms with Crippen LogP contribution in [0.1, 0.15) is 50.5 Å². The standard InChI is InChI=1S/C17H30O2Si/c1-18-20(19-2)16-12-7-5-3-4-6-9-13-17-14-10-8-11-15-17/h8,10-11,14-15,20H,3-7,9,12-13,16H2,1-2H3. The number of aryl methyl sites for hydroxylation is 1. The maximum atomic E-state index is 5.32. The lowest BCUT2D eigenvalue weighted by Crippen LogP contribution is -2.18. The summed E-state index contributed by atoms with van der Waals surface area (Å²) in [4.78, 5) is 0. The van der Waals surface area contributed by atoms with E-state index in [0.717, 1.165) is 6.04 Å². The number of hydrogen-bond acceptors (Lipinski definition) is 2. The lowest BCUT2D eigenvalue weighted by molar-refractivity contribution is 0.276. The molecule has 0 radical (unpaired) electrons. The maximum Gasteiger partial charge on any atom is 0.320 e. The second kappa shape index (κ2) is 12.1. The van der Waals surface area contributed by atoms with E-state index in [-0.39, 0.29) is 0 Å². The molecule has 1 rings (SSSR count). The smallest absolute Gasteiger partial charge is 0.320 e. The van der Waals surface area contributed by atoms with Gasteiger partial charge in [0.25, 0.3) is 0 Å². The number of hydrogen-bond donors (Lipinski definition) is 0. The minimum Gasteiger partial charge on any atom is -0.400 e. The molecule has 3 heteroatoms. The first-order valence-electron chi connectivity index (χ1n) is 7.96. The van der Waals surface area contributed by atoms with Crippen molar-refractivity contribution in [3.8, 4) is 0 Å². The molecule has 1 aromatic rings. The first-order chi connectivity index (χ1) is 9.86. The van der Waals surface area contributed by atoms with E-state index in [1.165, 1.54) is 56.9 Å². The van der Waals surface area contributed by atoms with Gasteiger partial charge in [-0.1, -0.05) is 68.9 Å². The molecular weight excluding hydrogens is 264 g/mol. The molecule has 0 aliphatic heterocycles. The van der Waals surface area contributed by atoms with Crippen molar-refractivity contribution in [1.29, 1.82) is 0 Å². The Hall–Kier alpha value is -0.643. The van der Waals surface area contributed by atoms with Gasteiger partial charge in [-0.05, 0) is 24.4 Å². The average molecular weight is 295 g/mol. The van der Waals surface area contributed by atoms with Crippen molar-refractivity contribution in [2.24, 2.45) is 0 Å². The molecule has 114 valence electrons. The summed E-state index contributed by atoms with van der Waals surface area (Å²) in [6.45, 7) is 0. The van der Waals surface area contributed by atoms with Gasteiger partial charge in [0.05, 0.1) is 0 Å². The number of benzene rings is 1. The van der Waals surface area contributed by atoms with E-state index >= 15 is 0 Å². The molecule has 0 aliphatic rings. The first-order valence-corrected chi connectivity index (χ1v) is 9.72. The Balaban J connectivity index is 1.85. The van der Waals surface area contributed by atoms with E-state index < -0.39 is 9.28 Å². The van der Waals surface area contributed by atoms with E-state index in [1.54, 1.807) is 14.2 Å². The molecule has 0 aliphatic carbocycles. The maximum absolute atomic E-state index is 5.32. The molecule has 20 heavy (non-hydrogen) atoms. The molecule has 0 heterocycles. The Kier molecular flexibility index (Phi) is 10.6. The van der Waals surface area contributed by atoms with Gasteiger partial charge in [0.15, 0.2) is 0 Å². The van der Waals surface area contributed by atoms with Gasteiger partial charge < -0.3 is 8.85 Å². The van der Waals surface area contributed by atoms with Crippen molar-refractivity contribution in [2.75, 3.05) is 14.2 Å². The third kappa shape index (κ3) is 8.51. The van der Waals surface area contributed by atoms with Crippen LogP contribution in [0.5, 0.6) is 0 Å². The second-order valence-corrected chi connectivity index (χ2v) is 7.78. The van der Waals surface area contributed by atoms with Crippen LogP contribution in [0.15, 0.2) is 30.3 Å². The molecule has 0 aromatic heterocycles. The third-order valence-electron chi connectivity index (χ3n) is 3.77. The summed E-state index contributed by atoms with van der Waals surface area (Å²) in [6, 6.07) is 12.0. The zero-order valence-corrected chi connectivity index (χ0v) is 14.3. The van der Waals surface area contributed by atoms with E-state index in [0.29, 0.717) is 0 Å². The molecule has 0 N–H and O–H groups in total. The molecule has 2 nitrogen and oxygen atoms in total. The summed E-state index contributed by atoms with van der Waals surface area (Å²) in [5, 5.41) is 0. The summed E-state index contributed by atoms with van der Waals surface area (Å²) in [6.07, 6.45) is 10.6. The van der Waals surface area contributed by atoms with Crippen LogP contribution >= 0.6 is 0 Å². The van der Waals surface area contributed by atoms with Crippen LogP contribution < -0.4 is 0 Å². The van der Waals surface area contributed by atoms with E-state index in [2.05, 4.69) is 30.3 Å². The van der Waals surface area contributed by atoms with Crippen molar-refractivity contribution >= 4 is 9.28 Å². The topological polar surface area (TPSA) is 18.5 Å². The molecule has 0 fully saturated rings. The molecule has 0 spiro atoms. The van der Waals surface area contributed by atoms with Gasteiger partial charge in [0.1, 0.15) is 0 Å². The van der Waals surface area contributed by atoms with Gasteiger partial charge in [0.2, 0.25) is 0 Å². The van der Waals surface area contributed by atoms with Gasteiger partial charge in [0, 0.05) is 14.2 Å². The SMILES string of the molecule is CO[SiH](CCCCCCCCCc1ccccc1)OC. The second-order valence-electron chi connectivity index (χ2n) is 5.40. The zero-order chi connectivity index (χ0) is 14.5. The molecule has 0 amide bonds. The lowest BCUT2D eigenvalue weighted by Gasteiger charge is -2.10. The summed E-state index contributed by atoms with van der Waals surface area (Å²) >= 11 is 0. The van der Waals surface area contributed by atoms with Gasteiger partial charge in [-0.15, -0.1) is 0 Å². The molecule has 0 saturated heterocycles. The fourth-order valence-corrected chi connectivity index (χ4v) is 3.79. The van der Waals surface area contributed by atoms with Crippen molar-refractivity contribution in [2.45, 2.75) is 57.4 Å². The minimum absolute atomic E-state index is 1.15. The summed E-state index contributed by atoms with van der Waals surface area (Å²) in [5.41, 5.74) is 1.47. The molecular formula is C17H30O2Si. The Bertz CT molecular complexity index is 312. The highest BCUT2D eigenvalue weighted by Crippen LogP contribution is 2.12. The van der Waals surface area contributed by atoms with Gasteiger partial charge >= 0.3 is 9.28 Å². The molecule has 0 bridgehead atoms. The quantitative estimate of drug-likeness (QED) is 0.418. The highest BCUT2D eigenvalue weighted by atomic mass is 28.3. The normalized spacial score (nSPS) is 11.2. The van der Waals surface area contributed by atoms with Gasteiger partial charge in [-0.2, -0.15) is 0 Å². The molecule has 0 atom stereocenters. The lowest BCUT2D eigenvalue weighted by atomic mass is 10.0. The first kappa shape index (κ1) is 17.4. The Morgan fingerprint density at radius 2 is 1.30 bits per heavy atom. The summed E-state index contributed by atoms with van der Waals surface area (Å²) < 4.78 is 10.6. The number of rotatable bonds is 12. The predicted molar refractivity (Wildman–Crippen MR) is 88.4 cm³/mol. The van der Waals surface area contributed by atoms with Crippen LogP contribution in [-0.2, 0) is 15.3 Å². The monoisotopic (exact) mass is 294 g/mol. The zero-order valence-electron chi connectivity index (χ0n) is 13.1. The predicted octanol–water partition coefficient (Wildman–Crippen LogP) is 4.47. The Morgan fingerprint density at radius 3 is 1.90 bits per heavy atom. The summed E-state index contributed by atoms with van der Waals surface area (Å²) in [5.74, 6) is 0. The average Bonchev–Trinajstić information content (AvgIpc) is 2.50. The third-order valence-corrected chi connectivity index (χ3v) is 5.71. The molecule has 0 saturated carbocycles. The highest BCUT2D eigenvalue weighted by Gasteiger charge is 2.07. The van der Waals surface area contributed by atoms with Crippen LogP contribution in [-0.4, -0.2) is 23.5 Å². The van der Waals surface area contributed by atoms with Crippen LogP contribution in [0, 0.1) is 0 Å². The Morgan fingerprint density at radius 1 is 0.750 bits per heavy atom. The van der Waals surface area contributed by atoms with Crippen LogP contribution in [0.25, 0.3) is 0 Å². The van der Waals surface area contributed by atoms with Crippen LogP contribution in [0.2, 0.25) is 6.04 Å². The largest absolute Gasteiger partial charge is 0.400 e. The van der Waals surface area contributed by atoms with Crippen molar-refractivity contribution in [1.82, 2.24) is 0 Å². The number of unbranched alkanes of at least 4 members (excludes halogenated alkanes) is 6. The van der Waals surface area contributed by atoms with Crippen molar-refractivity contribution in [3.63, 3.8) is 0 Å². The Labute approximate surface area is 126 Å². The summed E-state index contributed by atoms with van der Waals surface area (Å²) in [7, 11) is 2.24. The van der Waals surface area contributed by atoms with Gasteiger partial charge in [-0.3, -0.25) is 0 Å². The highest BCUT2D eigenvalue weighted by molar-refractivity contribution is 6.44. The van der Waals surface area contributed by atoms with Crippen LogP contribution in [0.4, 0.5) is 0 Å². The van der Waals surface area contributed by atoms with E-state index in [9.17, 15) is 0 Å². The minimum atomic E-state index is -1.30. The molecule has 0 unspecified atom stereocenters. The van der Waals surface area contributed by atoms with Gasteiger partial charge in [-0.25, -0.2) is 0 Å². The van der Waals surface area contributed by atoms with E-state index in [1.807, 2.05) is 0 Å². The van der Waals surface area contributed by atoms with Crippen molar-refractivity contribution in [3.05, 3.63) is 35.9 Å². The van der Waals surface area contributed by atoms with E-state index in [4.69, 9.17) is 8.85 Å².